The average molecular weight is 505 g/mol. The third kappa shape index (κ3) is 6.38. The van der Waals surface area contributed by atoms with Crippen LogP contribution in [0.25, 0.3) is 11.1 Å². The average Bonchev–Trinajstić information content (AvgIpc) is 2.88. The molecular formula is C28H23F3N4O2. The van der Waals surface area contributed by atoms with E-state index in [1.54, 1.807) is 36.5 Å². The van der Waals surface area contributed by atoms with Crippen LogP contribution in [-0.2, 0) is 17.6 Å². The fourth-order valence-electron chi connectivity index (χ4n) is 4.03. The van der Waals surface area contributed by atoms with E-state index in [9.17, 15) is 22.8 Å². The van der Waals surface area contributed by atoms with Gasteiger partial charge in [0, 0.05) is 36.8 Å². The summed E-state index contributed by atoms with van der Waals surface area (Å²) in [6.07, 6.45) is 3.10. The Hall–Kier alpha value is -4.53. The number of nitrogens with zero attached hydrogens (tertiary/aromatic N) is 2. The van der Waals surface area contributed by atoms with Gasteiger partial charge in [0.15, 0.2) is 0 Å². The smallest absolute Gasteiger partial charge is 0.254 e. The van der Waals surface area contributed by atoms with E-state index in [0.29, 0.717) is 28.1 Å². The molecule has 9 heteroatoms. The number of carbonyl (C=O) groups is 2. The fourth-order valence-corrected chi connectivity index (χ4v) is 4.03. The molecule has 0 unspecified atom stereocenters. The molecule has 0 aliphatic carbocycles. The van der Waals surface area contributed by atoms with Gasteiger partial charge in [0.2, 0.25) is 5.91 Å². The second kappa shape index (κ2) is 11.5. The Morgan fingerprint density at radius 3 is 2.35 bits per heavy atom. The zero-order chi connectivity index (χ0) is 26.4. The van der Waals surface area contributed by atoms with E-state index in [4.69, 9.17) is 0 Å². The van der Waals surface area contributed by atoms with E-state index in [-0.39, 0.29) is 24.3 Å². The van der Waals surface area contributed by atoms with Gasteiger partial charge in [0.1, 0.15) is 17.5 Å². The van der Waals surface area contributed by atoms with Crippen molar-refractivity contribution in [2.45, 2.75) is 18.9 Å². The number of hydrogen-bond donors (Lipinski definition) is 2. The van der Waals surface area contributed by atoms with Crippen molar-refractivity contribution in [3.05, 3.63) is 119 Å². The molecule has 0 saturated carbocycles. The molecule has 0 saturated heterocycles. The summed E-state index contributed by atoms with van der Waals surface area (Å²) < 4.78 is 42.2. The summed E-state index contributed by atoms with van der Waals surface area (Å²) in [6.45, 7) is 0. The highest BCUT2D eigenvalue weighted by molar-refractivity contribution is 5.95. The first-order chi connectivity index (χ1) is 17.8. The highest BCUT2D eigenvalue weighted by atomic mass is 19.1. The molecule has 0 bridgehead atoms. The predicted octanol–water partition coefficient (Wildman–Crippen LogP) is 4.56. The zero-order valence-electron chi connectivity index (χ0n) is 19.8. The van der Waals surface area contributed by atoms with E-state index in [1.165, 1.54) is 43.6 Å². The number of nitrogens with one attached hydrogen (secondary N) is 2. The van der Waals surface area contributed by atoms with Gasteiger partial charge in [0.25, 0.3) is 5.91 Å². The van der Waals surface area contributed by atoms with Gasteiger partial charge in [-0.1, -0.05) is 18.2 Å². The van der Waals surface area contributed by atoms with Crippen molar-refractivity contribution in [2.75, 3.05) is 7.05 Å². The Bertz CT molecular complexity index is 1410. The SMILES string of the molecule is CNC(=O)c1cc(-c2cccnc2[C@H](Cc2cc(F)cc(F)c2)NC(=O)Cc2ccccn2)ccc1F. The van der Waals surface area contributed by atoms with E-state index in [0.717, 1.165) is 6.07 Å². The first-order valence-corrected chi connectivity index (χ1v) is 11.4. The molecule has 188 valence electrons. The van der Waals surface area contributed by atoms with Crippen LogP contribution in [0.4, 0.5) is 13.2 Å². The number of benzene rings is 2. The van der Waals surface area contributed by atoms with Crippen LogP contribution in [0.15, 0.2) is 79.1 Å². The molecule has 0 aliphatic heterocycles. The Kier molecular flexibility index (Phi) is 7.92. The number of pyridine rings is 2. The molecule has 2 aromatic carbocycles. The van der Waals surface area contributed by atoms with E-state index in [2.05, 4.69) is 20.6 Å². The first-order valence-electron chi connectivity index (χ1n) is 11.4. The minimum absolute atomic E-state index is 0.0195. The topological polar surface area (TPSA) is 84.0 Å². The molecule has 4 aromatic rings. The highest BCUT2D eigenvalue weighted by Gasteiger charge is 2.23. The lowest BCUT2D eigenvalue weighted by atomic mass is 9.94. The summed E-state index contributed by atoms with van der Waals surface area (Å²) in [5.41, 5.74) is 2.09. The van der Waals surface area contributed by atoms with Crippen molar-refractivity contribution in [1.82, 2.24) is 20.6 Å². The maximum atomic E-state index is 14.3. The summed E-state index contributed by atoms with van der Waals surface area (Å²) in [4.78, 5) is 33.8. The number of amides is 2. The van der Waals surface area contributed by atoms with Crippen LogP contribution in [0.5, 0.6) is 0 Å². The van der Waals surface area contributed by atoms with Crippen LogP contribution in [0.3, 0.4) is 0 Å². The Balaban J connectivity index is 1.74. The second-order valence-corrected chi connectivity index (χ2v) is 8.31. The van der Waals surface area contributed by atoms with Crippen LogP contribution in [0.1, 0.15) is 33.4 Å². The standard InChI is InChI=1S/C28H23F3N4O2/c1-32-28(37)23-14-18(7-8-24(23)31)22-6-4-10-34-27(22)25(13-17-11-19(29)15-20(30)12-17)35-26(36)16-21-5-2-3-9-33-21/h2-12,14-15,25H,13,16H2,1H3,(H,32,37)(H,35,36)/t25-/m0/s1. The van der Waals surface area contributed by atoms with Crippen molar-refractivity contribution in [1.29, 1.82) is 0 Å². The zero-order valence-corrected chi connectivity index (χ0v) is 19.8. The lowest BCUT2D eigenvalue weighted by Crippen LogP contribution is -2.32. The predicted molar refractivity (Wildman–Crippen MR) is 132 cm³/mol. The Morgan fingerprint density at radius 2 is 1.65 bits per heavy atom. The molecule has 0 radical (unpaired) electrons. The highest BCUT2D eigenvalue weighted by Crippen LogP contribution is 2.30. The lowest BCUT2D eigenvalue weighted by molar-refractivity contribution is -0.121. The van der Waals surface area contributed by atoms with Gasteiger partial charge in [-0.15, -0.1) is 0 Å². The summed E-state index contributed by atoms with van der Waals surface area (Å²) in [6, 6.07) is 15.0. The van der Waals surface area contributed by atoms with Crippen molar-refractivity contribution < 1.29 is 22.8 Å². The molecule has 1 atom stereocenters. The minimum Gasteiger partial charge on any atom is -0.355 e. The van der Waals surface area contributed by atoms with Gasteiger partial charge in [-0.05, 0) is 60.0 Å². The van der Waals surface area contributed by atoms with E-state index in [1.807, 2.05) is 0 Å². The Morgan fingerprint density at radius 1 is 0.892 bits per heavy atom. The van der Waals surface area contributed by atoms with E-state index >= 15 is 0 Å². The van der Waals surface area contributed by atoms with Crippen molar-refractivity contribution in [3.63, 3.8) is 0 Å². The van der Waals surface area contributed by atoms with Crippen LogP contribution >= 0.6 is 0 Å². The van der Waals surface area contributed by atoms with Gasteiger partial charge in [-0.2, -0.15) is 0 Å². The van der Waals surface area contributed by atoms with Crippen LogP contribution in [0, 0.1) is 17.5 Å². The fraction of sp³-hybridized carbons (Fsp3) is 0.143. The molecule has 0 fully saturated rings. The summed E-state index contributed by atoms with van der Waals surface area (Å²) in [5, 5.41) is 5.30. The molecular weight excluding hydrogens is 481 g/mol. The maximum absolute atomic E-state index is 14.3. The summed E-state index contributed by atoms with van der Waals surface area (Å²) >= 11 is 0. The summed E-state index contributed by atoms with van der Waals surface area (Å²) in [5.74, 6) is -3.15. The maximum Gasteiger partial charge on any atom is 0.254 e. The third-order valence-electron chi connectivity index (χ3n) is 5.68. The molecule has 2 heterocycles. The monoisotopic (exact) mass is 504 g/mol. The molecule has 0 aliphatic rings. The van der Waals surface area contributed by atoms with Crippen molar-refractivity contribution >= 4 is 11.8 Å². The normalized spacial score (nSPS) is 11.6. The second-order valence-electron chi connectivity index (χ2n) is 8.31. The largest absolute Gasteiger partial charge is 0.355 e. The summed E-state index contributed by atoms with van der Waals surface area (Å²) in [7, 11) is 1.40. The molecule has 2 aromatic heterocycles. The number of hydrogen-bond acceptors (Lipinski definition) is 4. The molecule has 4 rings (SSSR count). The van der Waals surface area contributed by atoms with Gasteiger partial charge < -0.3 is 10.6 Å². The van der Waals surface area contributed by atoms with Crippen LogP contribution in [-0.4, -0.2) is 28.8 Å². The Labute approximate surface area is 211 Å². The van der Waals surface area contributed by atoms with Crippen LogP contribution < -0.4 is 10.6 Å². The molecule has 2 N–H and O–H groups in total. The van der Waals surface area contributed by atoms with Gasteiger partial charge in [-0.25, -0.2) is 13.2 Å². The van der Waals surface area contributed by atoms with Crippen molar-refractivity contribution in [2.24, 2.45) is 0 Å². The number of rotatable bonds is 8. The third-order valence-corrected chi connectivity index (χ3v) is 5.68. The molecule has 2 amide bonds. The number of halogens is 3. The molecule has 37 heavy (non-hydrogen) atoms. The molecule has 0 spiro atoms. The first kappa shape index (κ1) is 25.6. The quantitative estimate of drug-likeness (QED) is 0.369. The number of aromatic nitrogens is 2. The number of carbonyl (C=O) groups excluding carboxylic acids is 2. The van der Waals surface area contributed by atoms with Gasteiger partial charge in [-0.3, -0.25) is 19.6 Å². The van der Waals surface area contributed by atoms with Gasteiger partial charge in [0.05, 0.1) is 23.7 Å². The van der Waals surface area contributed by atoms with Crippen LogP contribution in [0.2, 0.25) is 0 Å². The minimum atomic E-state index is -0.804. The molecule has 6 nitrogen and oxygen atoms in total. The van der Waals surface area contributed by atoms with Crippen molar-refractivity contribution in [3.8, 4) is 11.1 Å². The van der Waals surface area contributed by atoms with Gasteiger partial charge >= 0.3 is 0 Å². The van der Waals surface area contributed by atoms with E-state index < -0.39 is 29.4 Å². The lowest BCUT2D eigenvalue weighted by Gasteiger charge is -2.22.